The minimum atomic E-state index is 0.141. The third-order valence-electron chi connectivity index (χ3n) is 3.93. The molecule has 0 unspecified atom stereocenters. The molecule has 2 nitrogen and oxygen atoms in total. The molecule has 0 radical (unpaired) electrons. The van der Waals surface area contributed by atoms with E-state index in [0.29, 0.717) is 0 Å². The highest BCUT2D eigenvalue weighted by atomic mass is 16.1. The van der Waals surface area contributed by atoms with Crippen LogP contribution in [0.2, 0.25) is 0 Å². The maximum atomic E-state index is 11.9. The van der Waals surface area contributed by atoms with Crippen LogP contribution in [0.25, 0.3) is 10.8 Å². The lowest BCUT2D eigenvalue weighted by molar-refractivity contribution is 0.101. The SMILES string of the molecule is CCc1cc(C(C)=O)c2ccccc2c1N(CC)CC. The molecule has 106 valence electrons. The molecule has 0 aliphatic carbocycles. The zero-order chi connectivity index (χ0) is 14.7. The van der Waals surface area contributed by atoms with Gasteiger partial charge in [-0.3, -0.25) is 4.79 Å². The Kier molecular flexibility index (Phi) is 4.43. The Morgan fingerprint density at radius 1 is 1.05 bits per heavy atom. The third-order valence-corrected chi connectivity index (χ3v) is 3.93. The molecule has 0 N–H and O–H groups in total. The first-order valence-corrected chi connectivity index (χ1v) is 7.44. The fourth-order valence-corrected chi connectivity index (χ4v) is 2.89. The van der Waals surface area contributed by atoms with Gasteiger partial charge in [0.1, 0.15) is 0 Å². The Morgan fingerprint density at radius 3 is 2.15 bits per heavy atom. The lowest BCUT2D eigenvalue weighted by Crippen LogP contribution is -2.23. The van der Waals surface area contributed by atoms with Crippen molar-refractivity contribution in [3.05, 3.63) is 41.5 Å². The number of fused-ring (bicyclic) bond motifs is 1. The number of anilines is 1. The van der Waals surface area contributed by atoms with Crippen LogP contribution >= 0.6 is 0 Å². The van der Waals surface area contributed by atoms with E-state index in [1.54, 1.807) is 6.92 Å². The van der Waals surface area contributed by atoms with Gasteiger partial charge in [0.15, 0.2) is 5.78 Å². The molecular formula is C18H23NO. The summed E-state index contributed by atoms with van der Waals surface area (Å²) in [4.78, 5) is 14.3. The Bertz CT molecular complexity index is 627. The van der Waals surface area contributed by atoms with Crippen molar-refractivity contribution in [2.75, 3.05) is 18.0 Å². The van der Waals surface area contributed by atoms with Crippen molar-refractivity contribution in [1.29, 1.82) is 0 Å². The van der Waals surface area contributed by atoms with Crippen molar-refractivity contribution in [3.63, 3.8) is 0 Å². The van der Waals surface area contributed by atoms with Crippen molar-refractivity contribution >= 4 is 22.2 Å². The highest BCUT2D eigenvalue weighted by Gasteiger charge is 2.16. The molecule has 2 aromatic carbocycles. The van der Waals surface area contributed by atoms with E-state index in [1.807, 2.05) is 6.07 Å². The molecular weight excluding hydrogens is 246 g/mol. The molecule has 2 aromatic rings. The van der Waals surface area contributed by atoms with Gasteiger partial charge in [-0.2, -0.15) is 0 Å². The van der Waals surface area contributed by atoms with Crippen LogP contribution in [0.15, 0.2) is 30.3 Å². The van der Waals surface area contributed by atoms with Crippen molar-refractivity contribution in [2.24, 2.45) is 0 Å². The quantitative estimate of drug-likeness (QED) is 0.747. The molecule has 0 bridgehead atoms. The Hall–Kier alpha value is -1.83. The number of rotatable bonds is 5. The molecule has 0 spiro atoms. The van der Waals surface area contributed by atoms with Crippen molar-refractivity contribution in [2.45, 2.75) is 34.1 Å². The van der Waals surface area contributed by atoms with Gasteiger partial charge >= 0.3 is 0 Å². The summed E-state index contributed by atoms with van der Waals surface area (Å²) < 4.78 is 0. The van der Waals surface area contributed by atoms with E-state index < -0.39 is 0 Å². The standard InChI is InChI=1S/C18H23NO/c1-5-14-12-17(13(4)20)15-10-8-9-11-16(15)18(14)19(6-2)7-3/h8-12H,5-7H2,1-4H3. The summed E-state index contributed by atoms with van der Waals surface area (Å²) in [5.74, 6) is 0.141. The summed E-state index contributed by atoms with van der Waals surface area (Å²) in [5, 5.41) is 2.26. The number of Topliss-reactive ketones (excluding diaryl/α,β-unsaturated/α-hetero) is 1. The first-order chi connectivity index (χ1) is 9.63. The van der Waals surface area contributed by atoms with Crippen molar-refractivity contribution in [1.82, 2.24) is 0 Å². The van der Waals surface area contributed by atoms with Crippen LogP contribution in [0, 0.1) is 0 Å². The molecule has 0 heterocycles. The van der Waals surface area contributed by atoms with E-state index in [1.165, 1.54) is 16.6 Å². The van der Waals surface area contributed by atoms with Crippen LogP contribution < -0.4 is 4.90 Å². The van der Waals surface area contributed by atoms with E-state index in [-0.39, 0.29) is 5.78 Å². The summed E-state index contributed by atoms with van der Waals surface area (Å²) in [6.07, 6.45) is 0.941. The number of carbonyl (C=O) groups is 1. The molecule has 0 aliphatic heterocycles. The predicted octanol–water partition coefficient (Wildman–Crippen LogP) is 4.45. The number of ketones is 1. The summed E-state index contributed by atoms with van der Waals surface area (Å²) in [6, 6.07) is 10.3. The first kappa shape index (κ1) is 14.6. The van der Waals surface area contributed by atoms with Gasteiger partial charge in [-0.05, 0) is 44.2 Å². The highest BCUT2D eigenvalue weighted by molar-refractivity contribution is 6.11. The molecule has 0 amide bonds. The van der Waals surface area contributed by atoms with Gasteiger partial charge in [-0.15, -0.1) is 0 Å². The largest absolute Gasteiger partial charge is 0.371 e. The van der Waals surface area contributed by atoms with Gasteiger partial charge < -0.3 is 4.90 Å². The van der Waals surface area contributed by atoms with Gasteiger partial charge in [0, 0.05) is 29.7 Å². The second kappa shape index (κ2) is 6.08. The second-order valence-corrected chi connectivity index (χ2v) is 5.06. The summed E-state index contributed by atoms with van der Waals surface area (Å²) in [6.45, 7) is 10.1. The molecule has 0 saturated carbocycles. The first-order valence-electron chi connectivity index (χ1n) is 7.44. The molecule has 2 rings (SSSR count). The lowest BCUT2D eigenvalue weighted by Gasteiger charge is -2.26. The van der Waals surface area contributed by atoms with Crippen molar-refractivity contribution in [3.8, 4) is 0 Å². The molecule has 0 fully saturated rings. The maximum Gasteiger partial charge on any atom is 0.160 e. The van der Waals surface area contributed by atoms with Crippen LogP contribution in [-0.2, 0) is 6.42 Å². The molecule has 20 heavy (non-hydrogen) atoms. The van der Waals surface area contributed by atoms with Crippen LogP contribution in [0.5, 0.6) is 0 Å². The van der Waals surface area contributed by atoms with E-state index in [4.69, 9.17) is 0 Å². The average Bonchev–Trinajstić information content (AvgIpc) is 2.47. The normalized spacial score (nSPS) is 10.8. The number of aryl methyl sites for hydroxylation is 1. The summed E-state index contributed by atoms with van der Waals surface area (Å²) in [7, 11) is 0. The number of carbonyl (C=O) groups excluding carboxylic acids is 1. The van der Waals surface area contributed by atoms with Crippen LogP contribution in [0.3, 0.4) is 0 Å². The molecule has 0 aromatic heterocycles. The third kappa shape index (κ3) is 2.43. The lowest BCUT2D eigenvalue weighted by atomic mass is 9.94. The van der Waals surface area contributed by atoms with E-state index in [0.717, 1.165) is 30.5 Å². The Morgan fingerprint density at radius 2 is 1.65 bits per heavy atom. The van der Waals surface area contributed by atoms with Gasteiger partial charge in [-0.25, -0.2) is 0 Å². The smallest absolute Gasteiger partial charge is 0.160 e. The fourth-order valence-electron chi connectivity index (χ4n) is 2.89. The summed E-state index contributed by atoms with van der Waals surface area (Å²) >= 11 is 0. The molecule has 0 aliphatic rings. The van der Waals surface area contributed by atoms with Crippen LogP contribution in [0.1, 0.15) is 43.6 Å². The zero-order valence-corrected chi connectivity index (χ0v) is 12.9. The number of hydrogen-bond donors (Lipinski definition) is 0. The van der Waals surface area contributed by atoms with Gasteiger partial charge in [0.2, 0.25) is 0 Å². The summed E-state index contributed by atoms with van der Waals surface area (Å²) in [5.41, 5.74) is 3.39. The van der Waals surface area contributed by atoms with Gasteiger partial charge in [0.05, 0.1) is 0 Å². The minimum Gasteiger partial charge on any atom is -0.371 e. The molecule has 0 saturated heterocycles. The molecule has 2 heteroatoms. The average molecular weight is 269 g/mol. The zero-order valence-electron chi connectivity index (χ0n) is 12.9. The number of nitrogens with zero attached hydrogens (tertiary/aromatic N) is 1. The molecule has 0 atom stereocenters. The Labute approximate surface area is 121 Å². The highest BCUT2D eigenvalue weighted by Crippen LogP contribution is 2.34. The van der Waals surface area contributed by atoms with Gasteiger partial charge in [0.25, 0.3) is 0 Å². The van der Waals surface area contributed by atoms with E-state index in [2.05, 4.69) is 49.9 Å². The van der Waals surface area contributed by atoms with Crippen molar-refractivity contribution < 1.29 is 4.79 Å². The second-order valence-electron chi connectivity index (χ2n) is 5.06. The monoisotopic (exact) mass is 269 g/mol. The van der Waals surface area contributed by atoms with E-state index in [9.17, 15) is 4.79 Å². The van der Waals surface area contributed by atoms with Gasteiger partial charge in [-0.1, -0.05) is 31.2 Å². The Balaban J connectivity index is 2.85. The fraction of sp³-hybridized carbons (Fsp3) is 0.389. The van der Waals surface area contributed by atoms with E-state index >= 15 is 0 Å². The maximum absolute atomic E-state index is 11.9. The number of hydrogen-bond acceptors (Lipinski definition) is 2. The minimum absolute atomic E-state index is 0.141. The number of benzene rings is 2. The van der Waals surface area contributed by atoms with Crippen LogP contribution in [-0.4, -0.2) is 18.9 Å². The van der Waals surface area contributed by atoms with Crippen LogP contribution in [0.4, 0.5) is 5.69 Å². The topological polar surface area (TPSA) is 20.3 Å². The predicted molar refractivity (Wildman–Crippen MR) is 86.9 cm³/mol.